The van der Waals surface area contributed by atoms with Crippen LogP contribution >= 0.6 is 11.6 Å². The van der Waals surface area contributed by atoms with Crippen LogP contribution in [0.3, 0.4) is 0 Å². The molecule has 1 aromatic carbocycles. The first-order valence-electron chi connectivity index (χ1n) is 7.67. The average molecular weight is 392 g/mol. The minimum atomic E-state index is -0.933. The van der Waals surface area contributed by atoms with Gasteiger partial charge >= 0.3 is 5.97 Å². The van der Waals surface area contributed by atoms with Crippen LogP contribution in [0.15, 0.2) is 48.7 Å². The Morgan fingerprint density at radius 3 is 2.67 bits per heavy atom. The summed E-state index contributed by atoms with van der Waals surface area (Å²) in [5.41, 5.74) is 0.454. The van der Waals surface area contributed by atoms with Gasteiger partial charge in [-0.15, -0.1) is 0 Å². The fourth-order valence-electron chi connectivity index (χ4n) is 2.26. The summed E-state index contributed by atoms with van der Waals surface area (Å²) in [6.07, 6.45) is 4.17. The van der Waals surface area contributed by atoms with Gasteiger partial charge in [0.05, 0.1) is 5.69 Å². The van der Waals surface area contributed by atoms with Crippen LogP contribution in [0.2, 0.25) is 5.15 Å². The molecule has 138 valence electrons. The molecular formula is C18H12ClF2N3O3. The third-order valence-corrected chi connectivity index (χ3v) is 3.75. The lowest BCUT2D eigenvalue weighted by Gasteiger charge is -2.07. The van der Waals surface area contributed by atoms with Gasteiger partial charge in [0.15, 0.2) is 11.8 Å². The number of pyridine rings is 1. The molecule has 6 nitrogen and oxygen atoms in total. The van der Waals surface area contributed by atoms with Crippen LogP contribution in [-0.4, -0.2) is 27.9 Å². The number of ether oxygens (including phenoxy) is 1. The van der Waals surface area contributed by atoms with E-state index < -0.39 is 35.8 Å². The molecule has 0 fully saturated rings. The maximum atomic E-state index is 13.5. The molecule has 0 aliphatic carbocycles. The third-order valence-electron chi connectivity index (χ3n) is 3.47. The lowest BCUT2D eigenvalue weighted by atomic mass is 10.3. The summed E-state index contributed by atoms with van der Waals surface area (Å²) < 4.78 is 33.3. The molecule has 2 aromatic heterocycles. The van der Waals surface area contributed by atoms with E-state index in [9.17, 15) is 18.4 Å². The molecule has 0 aliphatic rings. The van der Waals surface area contributed by atoms with Crippen LogP contribution in [0, 0.1) is 11.6 Å². The fraction of sp³-hybridized carbons (Fsp3) is 0.0556. The second kappa shape index (κ2) is 7.96. The highest BCUT2D eigenvalue weighted by Gasteiger charge is 2.13. The van der Waals surface area contributed by atoms with Crippen molar-refractivity contribution in [2.24, 2.45) is 0 Å². The number of fused-ring (bicyclic) bond motifs is 1. The van der Waals surface area contributed by atoms with E-state index in [0.717, 1.165) is 24.3 Å². The second-order valence-corrected chi connectivity index (χ2v) is 5.66. The highest BCUT2D eigenvalue weighted by Crippen LogP contribution is 2.19. The summed E-state index contributed by atoms with van der Waals surface area (Å²) in [5.74, 6) is -3.58. The molecule has 0 spiro atoms. The van der Waals surface area contributed by atoms with Gasteiger partial charge in [-0.1, -0.05) is 23.7 Å². The minimum absolute atomic E-state index is 0.193. The maximum absolute atomic E-state index is 13.5. The van der Waals surface area contributed by atoms with Crippen molar-refractivity contribution < 1.29 is 23.1 Å². The molecule has 3 rings (SSSR count). The molecular weight excluding hydrogens is 380 g/mol. The molecule has 0 aliphatic heterocycles. The molecule has 0 saturated heterocycles. The second-order valence-electron chi connectivity index (χ2n) is 5.30. The Morgan fingerprint density at radius 2 is 1.93 bits per heavy atom. The summed E-state index contributed by atoms with van der Waals surface area (Å²) in [6, 6.07) is 8.45. The number of rotatable bonds is 5. The van der Waals surface area contributed by atoms with Crippen molar-refractivity contribution >= 4 is 40.9 Å². The number of esters is 1. The lowest BCUT2D eigenvalue weighted by Crippen LogP contribution is -2.21. The smallest absolute Gasteiger partial charge is 0.331 e. The number of carbonyl (C=O) groups is 2. The molecule has 0 bridgehead atoms. The van der Waals surface area contributed by atoms with E-state index in [2.05, 4.69) is 4.98 Å². The van der Waals surface area contributed by atoms with Gasteiger partial charge in [-0.2, -0.15) is 0 Å². The molecule has 27 heavy (non-hydrogen) atoms. The Hall–Kier alpha value is -3.26. The predicted octanol–water partition coefficient (Wildman–Crippen LogP) is 3.46. The van der Waals surface area contributed by atoms with Crippen molar-refractivity contribution in [3.63, 3.8) is 0 Å². The number of imidazole rings is 1. The van der Waals surface area contributed by atoms with E-state index in [4.69, 9.17) is 16.3 Å². The normalized spacial score (nSPS) is 11.1. The third kappa shape index (κ3) is 4.29. The zero-order valence-electron chi connectivity index (χ0n) is 13.7. The van der Waals surface area contributed by atoms with Crippen molar-refractivity contribution in [1.82, 2.24) is 9.38 Å². The number of aromatic nitrogens is 2. The number of carbonyl (C=O) groups excluding carboxylic acids is 2. The van der Waals surface area contributed by atoms with Gasteiger partial charge in [0.25, 0.3) is 5.91 Å². The summed E-state index contributed by atoms with van der Waals surface area (Å²) in [6.45, 7) is -0.710. The van der Waals surface area contributed by atoms with Crippen molar-refractivity contribution in [3.8, 4) is 0 Å². The van der Waals surface area contributed by atoms with Crippen molar-refractivity contribution in [2.75, 3.05) is 11.9 Å². The Balaban J connectivity index is 1.60. The average Bonchev–Trinajstić information content (AvgIpc) is 2.96. The molecule has 0 saturated carbocycles. The zero-order valence-corrected chi connectivity index (χ0v) is 14.4. The van der Waals surface area contributed by atoms with E-state index in [1.165, 1.54) is 6.08 Å². The number of amides is 1. The Morgan fingerprint density at radius 1 is 1.19 bits per heavy atom. The number of para-hydroxylation sites is 1. The van der Waals surface area contributed by atoms with Crippen LogP contribution in [-0.2, 0) is 14.3 Å². The van der Waals surface area contributed by atoms with E-state index >= 15 is 0 Å². The largest absolute Gasteiger partial charge is 0.452 e. The zero-order chi connectivity index (χ0) is 19.4. The Labute approximate surface area is 157 Å². The summed E-state index contributed by atoms with van der Waals surface area (Å²) >= 11 is 6.03. The highest BCUT2D eigenvalue weighted by atomic mass is 35.5. The molecule has 3 aromatic rings. The number of anilines is 1. The van der Waals surface area contributed by atoms with Crippen LogP contribution in [0.5, 0.6) is 0 Å². The number of nitrogens with one attached hydrogen (secondary N) is 1. The number of halogens is 3. The van der Waals surface area contributed by atoms with Gasteiger partial charge in [0.1, 0.15) is 23.0 Å². The molecule has 1 amide bonds. The molecule has 0 atom stereocenters. The molecule has 1 N–H and O–H groups in total. The monoisotopic (exact) mass is 391 g/mol. The SMILES string of the molecule is O=C(COC(=O)/C=C/c1c(Cl)nc2ccccn12)Nc1c(F)cccc1F. The molecule has 0 radical (unpaired) electrons. The Kier molecular flexibility index (Phi) is 5.46. The standard InChI is InChI=1S/C18H12ClF2N3O3/c19-18-13(24-9-2-1-6-14(24)22-18)7-8-16(26)27-10-15(25)23-17-11(20)4-3-5-12(17)21/h1-9H,10H2,(H,23,25)/b8-7+. The van der Waals surface area contributed by atoms with Gasteiger partial charge in [-0.25, -0.2) is 18.6 Å². The maximum Gasteiger partial charge on any atom is 0.331 e. The first-order valence-corrected chi connectivity index (χ1v) is 8.05. The van der Waals surface area contributed by atoms with Gasteiger partial charge in [0, 0.05) is 12.3 Å². The number of hydrogen-bond acceptors (Lipinski definition) is 4. The molecule has 9 heteroatoms. The van der Waals surface area contributed by atoms with Crippen LogP contribution in [0.25, 0.3) is 11.7 Å². The van der Waals surface area contributed by atoms with Crippen molar-refractivity contribution in [3.05, 3.63) is 71.2 Å². The topological polar surface area (TPSA) is 72.7 Å². The van der Waals surface area contributed by atoms with E-state index in [-0.39, 0.29) is 5.15 Å². The van der Waals surface area contributed by atoms with Gasteiger partial charge in [-0.3, -0.25) is 9.20 Å². The minimum Gasteiger partial charge on any atom is -0.452 e. The van der Waals surface area contributed by atoms with E-state index in [1.54, 1.807) is 28.8 Å². The van der Waals surface area contributed by atoms with Gasteiger partial charge < -0.3 is 10.1 Å². The van der Waals surface area contributed by atoms with Crippen LogP contribution < -0.4 is 5.32 Å². The van der Waals surface area contributed by atoms with E-state index in [0.29, 0.717) is 11.3 Å². The van der Waals surface area contributed by atoms with Gasteiger partial charge in [-0.05, 0) is 30.3 Å². The first kappa shape index (κ1) is 18.5. The predicted molar refractivity (Wildman–Crippen MR) is 95.2 cm³/mol. The van der Waals surface area contributed by atoms with Gasteiger partial charge in [0.2, 0.25) is 0 Å². The van der Waals surface area contributed by atoms with Crippen molar-refractivity contribution in [1.29, 1.82) is 0 Å². The highest BCUT2D eigenvalue weighted by molar-refractivity contribution is 6.31. The molecule has 0 unspecified atom stereocenters. The number of benzene rings is 1. The lowest BCUT2D eigenvalue weighted by molar-refractivity contribution is -0.142. The summed E-state index contributed by atoms with van der Waals surface area (Å²) in [5, 5.41) is 2.20. The first-order chi connectivity index (χ1) is 13.0. The quantitative estimate of drug-likeness (QED) is 0.534. The Bertz CT molecular complexity index is 1030. The van der Waals surface area contributed by atoms with Crippen molar-refractivity contribution in [2.45, 2.75) is 0 Å². The molecule has 2 heterocycles. The van der Waals surface area contributed by atoms with Crippen LogP contribution in [0.4, 0.5) is 14.5 Å². The van der Waals surface area contributed by atoms with E-state index in [1.807, 2.05) is 5.32 Å². The summed E-state index contributed by atoms with van der Waals surface area (Å²) in [4.78, 5) is 27.6. The van der Waals surface area contributed by atoms with Crippen LogP contribution in [0.1, 0.15) is 5.69 Å². The summed E-state index contributed by atoms with van der Waals surface area (Å²) in [7, 11) is 0. The number of hydrogen-bond donors (Lipinski definition) is 1. The number of nitrogens with zero attached hydrogens (tertiary/aromatic N) is 2. The fourth-order valence-corrected chi connectivity index (χ4v) is 2.50.